The van der Waals surface area contributed by atoms with Gasteiger partial charge >= 0.3 is 0 Å². The van der Waals surface area contributed by atoms with Crippen LogP contribution in [0.4, 0.5) is 5.00 Å². The lowest BCUT2D eigenvalue weighted by molar-refractivity contribution is 0.0236. The quantitative estimate of drug-likeness (QED) is 0.528. The van der Waals surface area contributed by atoms with Gasteiger partial charge in [0.05, 0.1) is 33.5 Å². The number of amides is 1. The van der Waals surface area contributed by atoms with E-state index in [0.29, 0.717) is 18.8 Å². The Hall–Kier alpha value is -2.87. The van der Waals surface area contributed by atoms with Gasteiger partial charge in [-0.2, -0.15) is 0 Å². The van der Waals surface area contributed by atoms with Crippen LogP contribution in [0.3, 0.4) is 0 Å². The van der Waals surface area contributed by atoms with Crippen molar-refractivity contribution in [3.05, 3.63) is 75.7 Å². The summed E-state index contributed by atoms with van der Waals surface area (Å²) >= 11 is 1.62. The molecule has 3 aromatic rings. The van der Waals surface area contributed by atoms with Crippen LogP contribution in [0, 0.1) is 13.8 Å². The van der Waals surface area contributed by atoms with Gasteiger partial charge in [0.25, 0.3) is 5.91 Å². The molecule has 0 spiro atoms. The molecule has 1 aliphatic heterocycles. The molecule has 6 nitrogen and oxygen atoms in total. The number of ether oxygens (including phenoxy) is 3. The second-order valence-electron chi connectivity index (χ2n) is 8.00. The number of para-hydroxylation sites is 1. The largest absolute Gasteiger partial charge is 0.497 e. The highest BCUT2D eigenvalue weighted by Gasteiger charge is 2.32. The second kappa shape index (κ2) is 10.4. The Morgan fingerprint density at radius 3 is 2.39 bits per heavy atom. The van der Waals surface area contributed by atoms with Gasteiger partial charge in [-0.05, 0) is 49.7 Å². The summed E-state index contributed by atoms with van der Waals surface area (Å²) in [6.45, 7) is 7.22. The summed E-state index contributed by atoms with van der Waals surface area (Å²) in [5.74, 6) is 1.42. The number of nitrogens with zero attached hydrogens (tertiary/aromatic N) is 1. The summed E-state index contributed by atoms with van der Waals surface area (Å²) in [5, 5.41) is 4.06. The van der Waals surface area contributed by atoms with E-state index in [2.05, 4.69) is 30.1 Å². The number of benzene rings is 2. The van der Waals surface area contributed by atoms with Gasteiger partial charge < -0.3 is 19.5 Å². The molecule has 1 fully saturated rings. The van der Waals surface area contributed by atoms with E-state index in [4.69, 9.17) is 14.2 Å². The number of morpholine rings is 1. The van der Waals surface area contributed by atoms with E-state index < -0.39 is 0 Å². The molecule has 1 aromatic heterocycles. The number of hydrogen-bond donors (Lipinski definition) is 1. The molecule has 33 heavy (non-hydrogen) atoms. The van der Waals surface area contributed by atoms with E-state index in [1.807, 2.05) is 18.2 Å². The summed E-state index contributed by atoms with van der Waals surface area (Å²) in [6.07, 6.45) is 0. The maximum absolute atomic E-state index is 13.1. The summed E-state index contributed by atoms with van der Waals surface area (Å²) in [4.78, 5) is 16.7. The van der Waals surface area contributed by atoms with Gasteiger partial charge in [0.1, 0.15) is 16.5 Å². The van der Waals surface area contributed by atoms with Crippen LogP contribution < -0.4 is 14.8 Å². The monoisotopic (exact) mass is 466 g/mol. The van der Waals surface area contributed by atoms with E-state index >= 15 is 0 Å². The third kappa shape index (κ3) is 4.90. The third-order valence-electron chi connectivity index (χ3n) is 6.13. The van der Waals surface area contributed by atoms with E-state index in [1.54, 1.807) is 49.8 Å². The number of methoxy groups -OCH3 is 2. The highest BCUT2D eigenvalue weighted by molar-refractivity contribution is 7.16. The van der Waals surface area contributed by atoms with Crippen molar-refractivity contribution < 1.29 is 19.0 Å². The molecule has 1 aliphatic rings. The van der Waals surface area contributed by atoms with Gasteiger partial charge in [0, 0.05) is 34.7 Å². The van der Waals surface area contributed by atoms with Gasteiger partial charge in [-0.15, -0.1) is 11.3 Å². The van der Waals surface area contributed by atoms with Crippen molar-refractivity contribution in [2.75, 3.05) is 45.8 Å². The van der Waals surface area contributed by atoms with E-state index in [0.717, 1.165) is 40.7 Å². The molecular formula is C26H30N2O4S. The molecule has 2 aromatic carbocycles. The molecule has 7 heteroatoms. The van der Waals surface area contributed by atoms with Crippen molar-refractivity contribution in [2.45, 2.75) is 19.9 Å². The van der Waals surface area contributed by atoms with Crippen LogP contribution >= 0.6 is 11.3 Å². The number of carbonyl (C=O) groups excluding carboxylic acids is 1. The molecule has 2 heterocycles. The van der Waals surface area contributed by atoms with Gasteiger partial charge in [-0.1, -0.05) is 18.2 Å². The Morgan fingerprint density at radius 1 is 1.03 bits per heavy atom. The number of thiophene rings is 1. The molecular weight excluding hydrogens is 436 g/mol. The van der Waals surface area contributed by atoms with Gasteiger partial charge in [-0.3, -0.25) is 9.69 Å². The highest BCUT2D eigenvalue weighted by atomic mass is 32.1. The normalized spacial score (nSPS) is 15.2. The van der Waals surface area contributed by atoms with Crippen molar-refractivity contribution in [3.8, 4) is 11.5 Å². The molecule has 0 saturated carbocycles. The first kappa shape index (κ1) is 23.3. The highest BCUT2D eigenvalue weighted by Crippen LogP contribution is 2.44. The van der Waals surface area contributed by atoms with Crippen molar-refractivity contribution in [1.82, 2.24) is 4.90 Å². The van der Waals surface area contributed by atoms with Gasteiger partial charge in [-0.25, -0.2) is 0 Å². The van der Waals surface area contributed by atoms with E-state index in [9.17, 15) is 4.79 Å². The SMILES string of the molecule is COc1ccc(C(=O)Nc2sc(C)c(C)c2[C@H](c2ccccc2OC)N2CCOCC2)cc1. The van der Waals surface area contributed by atoms with Crippen LogP contribution in [0.5, 0.6) is 11.5 Å². The Labute approximate surface area is 199 Å². The molecule has 174 valence electrons. The Morgan fingerprint density at radius 2 is 1.73 bits per heavy atom. The zero-order valence-electron chi connectivity index (χ0n) is 19.5. The number of hydrogen-bond acceptors (Lipinski definition) is 6. The fourth-order valence-electron chi connectivity index (χ4n) is 4.25. The summed E-state index contributed by atoms with van der Waals surface area (Å²) < 4.78 is 16.6. The van der Waals surface area contributed by atoms with E-state index in [-0.39, 0.29) is 11.9 Å². The fourth-order valence-corrected chi connectivity index (χ4v) is 5.33. The summed E-state index contributed by atoms with van der Waals surface area (Å²) in [7, 11) is 3.31. The predicted octanol–water partition coefficient (Wildman–Crippen LogP) is 5.06. The maximum atomic E-state index is 13.1. The first-order valence-corrected chi connectivity index (χ1v) is 11.8. The molecule has 4 rings (SSSR count). The lowest BCUT2D eigenvalue weighted by Gasteiger charge is -2.36. The maximum Gasteiger partial charge on any atom is 0.256 e. The van der Waals surface area contributed by atoms with Crippen LogP contribution in [0.1, 0.15) is 38.0 Å². The third-order valence-corrected chi connectivity index (χ3v) is 7.27. The first-order valence-electron chi connectivity index (χ1n) is 11.0. The standard InChI is InChI=1S/C26H30N2O4S/c1-17-18(2)33-26(27-25(29)19-9-11-20(30-3)12-10-19)23(17)24(28-13-15-32-16-14-28)21-7-5-6-8-22(21)31-4/h5-12,24H,13-16H2,1-4H3,(H,27,29)/t24-/m0/s1. The number of anilines is 1. The Balaban J connectivity index is 1.76. The minimum Gasteiger partial charge on any atom is -0.497 e. The topological polar surface area (TPSA) is 60.0 Å². The molecule has 1 atom stereocenters. The minimum atomic E-state index is -0.138. The molecule has 1 saturated heterocycles. The van der Waals surface area contributed by atoms with Crippen molar-refractivity contribution in [2.24, 2.45) is 0 Å². The average molecular weight is 467 g/mol. The number of carbonyl (C=O) groups is 1. The van der Waals surface area contributed by atoms with Crippen molar-refractivity contribution in [3.63, 3.8) is 0 Å². The van der Waals surface area contributed by atoms with Crippen LogP contribution in [0.2, 0.25) is 0 Å². The van der Waals surface area contributed by atoms with Crippen LogP contribution in [-0.2, 0) is 4.74 Å². The first-order chi connectivity index (χ1) is 16.0. The van der Waals surface area contributed by atoms with Gasteiger partial charge in [0.2, 0.25) is 0 Å². The number of rotatable bonds is 7. The molecule has 1 amide bonds. The average Bonchev–Trinajstić information content (AvgIpc) is 3.13. The summed E-state index contributed by atoms with van der Waals surface area (Å²) in [5.41, 5.74) is 3.98. The smallest absolute Gasteiger partial charge is 0.256 e. The zero-order chi connectivity index (χ0) is 23.4. The summed E-state index contributed by atoms with van der Waals surface area (Å²) in [6, 6.07) is 15.2. The fraction of sp³-hybridized carbons (Fsp3) is 0.346. The molecule has 0 unspecified atom stereocenters. The number of nitrogens with one attached hydrogen (secondary N) is 1. The number of aryl methyl sites for hydroxylation is 1. The second-order valence-corrected chi connectivity index (χ2v) is 9.23. The predicted molar refractivity (Wildman–Crippen MR) is 132 cm³/mol. The Kier molecular flexibility index (Phi) is 7.33. The van der Waals surface area contributed by atoms with Gasteiger partial charge in [0.15, 0.2) is 0 Å². The lowest BCUT2D eigenvalue weighted by Crippen LogP contribution is -2.40. The Bertz CT molecular complexity index is 1100. The lowest BCUT2D eigenvalue weighted by atomic mass is 9.93. The molecule has 0 bridgehead atoms. The van der Waals surface area contributed by atoms with Crippen molar-refractivity contribution in [1.29, 1.82) is 0 Å². The van der Waals surface area contributed by atoms with Crippen LogP contribution in [-0.4, -0.2) is 51.3 Å². The molecule has 0 aliphatic carbocycles. The van der Waals surface area contributed by atoms with E-state index in [1.165, 1.54) is 10.4 Å². The van der Waals surface area contributed by atoms with Crippen LogP contribution in [0.15, 0.2) is 48.5 Å². The molecule has 0 radical (unpaired) electrons. The van der Waals surface area contributed by atoms with Crippen molar-refractivity contribution >= 4 is 22.2 Å². The zero-order valence-corrected chi connectivity index (χ0v) is 20.3. The minimum absolute atomic E-state index is 0.0545. The molecule has 1 N–H and O–H groups in total. The van der Waals surface area contributed by atoms with Crippen LogP contribution in [0.25, 0.3) is 0 Å².